The number of benzene rings is 4. The van der Waals surface area contributed by atoms with E-state index in [9.17, 15) is 0 Å². The van der Waals surface area contributed by atoms with Crippen molar-refractivity contribution in [1.29, 1.82) is 0 Å². The number of ether oxygens (including phenoxy) is 1. The highest BCUT2D eigenvalue weighted by molar-refractivity contribution is 7.03. The number of hydrogen-bond acceptors (Lipinski definition) is 1. The van der Waals surface area contributed by atoms with Crippen molar-refractivity contribution in [3.8, 4) is 11.1 Å². The number of rotatable bonds is 10. The highest BCUT2D eigenvalue weighted by Gasteiger charge is 2.61. The summed E-state index contributed by atoms with van der Waals surface area (Å²) in [7, 11) is -2.23. The zero-order valence-corrected chi connectivity index (χ0v) is 36.9. The van der Waals surface area contributed by atoms with Crippen molar-refractivity contribution in [2.24, 2.45) is 52.3 Å². The van der Waals surface area contributed by atoms with Crippen LogP contribution in [-0.2, 0) is 10.2 Å². The van der Waals surface area contributed by atoms with Crippen LogP contribution < -0.4 is 10.4 Å². The molecule has 0 N–H and O–H groups in total. The van der Waals surface area contributed by atoms with Crippen LogP contribution in [0.4, 0.5) is 0 Å². The molecule has 57 heavy (non-hydrogen) atoms. The predicted octanol–water partition coefficient (Wildman–Crippen LogP) is 13.1. The van der Waals surface area contributed by atoms with E-state index >= 15 is 0 Å². The second-order valence-electron chi connectivity index (χ2n) is 21.4. The Bertz CT molecular complexity index is 2020. The first kappa shape index (κ1) is 38.3. The summed E-state index contributed by atoms with van der Waals surface area (Å²) in [5.41, 5.74) is 8.43. The molecule has 4 saturated carbocycles. The van der Waals surface area contributed by atoms with Gasteiger partial charge in [0.1, 0.15) is 8.07 Å². The average Bonchev–Trinajstić information content (AvgIpc) is 3.84. The van der Waals surface area contributed by atoms with Gasteiger partial charge in [0.2, 0.25) is 0 Å². The Balaban J connectivity index is 0.864. The Kier molecular flexibility index (Phi) is 9.84. The highest BCUT2D eigenvalue weighted by Crippen LogP contribution is 2.68. The number of fused-ring (bicyclic) bond motifs is 12. The van der Waals surface area contributed by atoms with E-state index in [1.165, 1.54) is 105 Å². The lowest BCUT2D eigenvalue weighted by Gasteiger charge is -2.61. The Morgan fingerprint density at radius 1 is 0.649 bits per heavy atom. The first-order valence-electron chi connectivity index (χ1n) is 23.7. The molecule has 0 bridgehead atoms. The van der Waals surface area contributed by atoms with Crippen molar-refractivity contribution in [3.05, 3.63) is 120 Å². The lowest BCUT2D eigenvalue weighted by molar-refractivity contribution is -0.136. The fourth-order valence-corrected chi connectivity index (χ4v) is 21.3. The lowest BCUT2D eigenvalue weighted by atomic mass is 9.44. The molecule has 1 nitrogen and oxygen atoms in total. The molecule has 10 atom stereocenters. The third kappa shape index (κ3) is 5.90. The second kappa shape index (κ2) is 14.7. The average molecular weight is 775 g/mol. The molecule has 1 aliphatic heterocycles. The van der Waals surface area contributed by atoms with Crippen molar-refractivity contribution in [2.45, 2.75) is 135 Å². The Hall–Kier alpha value is -2.94. The standard InChI is InChI=1S/C55H70OSi/c1-38(2)16-15-17-39(3)46-28-29-47-45-27-26-40-36-41(30-32-53(40,4)48(45)31-33-54(46,47)5)56-34-35-57(42-18-7-6-8-19-42)37-55(51-24-13-14-25-52(51)57)49-22-11-9-20-43(49)44-21-10-12-23-50(44)55/h6-14,18-25,38-41,45-48H,15-17,26-37H2,1-5H3/t39-,40+,41+,45+,46-,47+,48+,53+,54-,57+/m1/s1. The maximum Gasteiger partial charge on any atom is 0.122 e. The van der Waals surface area contributed by atoms with Crippen LogP contribution in [0.2, 0.25) is 12.1 Å². The van der Waals surface area contributed by atoms with Gasteiger partial charge in [0, 0.05) is 12.0 Å². The molecule has 300 valence electrons. The summed E-state index contributed by atoms with van der Waals surface area (Å²) < 4.78 is 7.23. The molecular formula is C55H70OSi. The molecule has 5 aliphatic carbocycles. The van der Waals surface area contributed by atoms with Gasteiger partial charge in [-0.05, 0) is 155 Å². The highest BCUT2D eigenvalue weighted by atomic mass is 28.3. The van der Waals surface area contributed by atoms with Crippen LogP contribution >= 0.6 is 0 Å². The Labute approximate surface area is 346 Å². The van der Waals surface area contributed by atoms with Crippen LogP contribution in [0.1, 0.15) is 128 Å². The van der Waals surface area contributed by atoms with Gasteiger partial charge < -0.3 is 4.74 Å². The minimum atomic E-state index is -2.23. The zero-order valence-electron chi connectivity index (χ0n) is 35.9. The van der Waals surface area contributed by atoms with E-state index in [0.29, 0.717) is 16.9 Å². The molecular weight excluding hydrogens is 705 g/mol. The predicted molar refractivity (Wildman–Crippen MR) is 242 cm³/mol. The summed E-state index contributed by atoms with van der Waals surface area (Å²) in [6, 6.07) is 42.4. The monoisotopic (exact) mass is 775 g/mol. The molecule has 0 amide bonds. The molecule has 0 aromatic heterocycles. The van der Waals surface area contributed by atoms with Gasteiger partial charge in [0.15, 0.2) is 0 Å². The van der Waals surface area contributed by atoms with Crippen LogP contribution in [0.15, 0.2) is 103 Å². The second-order valence-corrected chi connectivity index (χ2v) is 25.5. The van der Waals surface area contributed by atoms with Crippen molar-refractivity contribution in [2.75, 3.05) is 6.61 Å². The SMILES string of the molecule is CC(C)CCC[C@@H](C)[C@H]1CC[C@H]2[C@@H]3CC[C@H]4C[C@@H](OCC[Si@@]5(c6ccccc6)CC6(c7ccccc7-c7ccccc76)c6ccccc65)CC[C@]4(C)[C@H]3CC[C@]12C. The van der Waals surface area contributed by atoms with E-state index in [0.717, 1.165) is 54.1 Å². The summed E-state index contributed by atoms with van der Waals surface area (Å²) in [4.78, 5) is 0. The molecule has 2 heteroatoms. The van der Waals surface area contributed by atoms with E-state index in [1.54, 1.807) is 15.9 Å². The Morgan fingerprint density at radius 3 is 2.04 bits per heavy atom. The number of hydrogen-bond donors (Lipinski definition) is 0. The largest absolute Gasteiger partial charge is 0.378 e. The quantitative estimate of drug-likeness (QED) is 0.146. The van der Waals surface area contributed by atoms with Crippen LogP contribution in [0.5, 0.6) is 0 Å². The fourth-order valence-electron chi connectivity index (χ4n) is 15.9. The van der Waals surface area contributed by atoms with Crippen molar-refractivity contribution in [1.82, 2.24) is 0 Å². The van der Waals surface area contributed by atoms with Gasteiger partial charge in [-0.3, -0.25) is 0 Å². The molecule has 1 spiro atoms. The van der Waals surface area contributed by atoms with Crippen LogP contribution in [0.3, 0.4) is 0 Å². The van der Waals surface area contributed by atoms with Gasteiger partial charge in [0.05, 0.1) is 6.10 Å². The lowest BCUT2D eigenvalue weighted by Crippen LogP contribution is -2.57. The summed E-state index contributed by atoms with van der Waals surface area (Å²) >= 11 is 0. The van der Waals surface area contributed by atoms with Gasteiger partial charge in [-0.15, -0.1) is 0 Å². The zero-order chi connectivity index (χ0) is 39.0. The van der Waals surface area contributed by atoms with Crippen molar-refractivity contribution < 1.29 is 4.74 Å². The maximum absolute atomic E-state index is 7.23. The van der Waals surface area contributed by atoms with E-state index in [4.69, 9.17) is 4.74 Å². The van der Waals surface area contributed by atoms with Crippen LogP contribution in [0.25, 0.3) is 11.1 Å². The fraction of sp³-hybridized carbons (Fsp3) is 0.564. The van der Waals surface area contributed by atoms with E-state index in [2.05, 4.69) is 138 Å². The van der Waals surface area contributed by atoms with Crippen LogP contribution in [0, 0.1) is 52.3 Å². The molecule has 4 fully saturated rings. The molecule has 6 aliphatic rings. The summed E-state index contributed by atoms with van der Waals surface area (Å²) in [5, 5.41) is 3.22. The first-order chi connectivity index (χ1) is 27.7. The van der Waals surface area contributed by atoms with Crippen LogP contribution in [-0.4, -0.2) is 20.8 Å². The smallest absolute Gasteiger partial charge is 0.122 e. The van der Waals surface area contributed by atoms with Gasteiger partial charge in [0.25, 0.3) is 0 Å². The summed E-state index contributed by atoms with van der Waals surface area (Å²) in [5.74, 6) is 6.39. The minimum absolute atomic E-state index is 0.0989. The first-order valence-corrected chi connectivity index (χ1v) is 26.1. The third-order valence-corrected chi connectivity index (χ3v) is 23.7. The van der Waals surface area contributed by atoms with E-state index in [1.807, 2.05) is 0 Å². The van der Waals surface area contributed by atoms with Crippen molar-refractivity contribution in [3.63, 3.8) is 0 Å². The molecule has 4 aromatic carbocycles. The van der Waals surface area contributed by atoms with E-state index in [-0.39, 0.29) is 5.41 Å². The van der Waals surface area contributed by atoms with E-state index < -0.39 is 8.07 Å². The minimum Gasteiger partial charge on any atom is -0.378 e. The summed E-state index contributed by atoms with van der Waals surface area (Å²) in [6.45, 7) is 13.8. The van der Waals surface area contributed by atoms with Gasteiger partial charge in [-0.2, -0.15) is 0 Å². The van der Waals surface area contributed by atoms with Crippen molar-refractivity contribution >= 4 is 18.4 Å². The molecule has 0 unspecified atom stereocenters. The van der Waals surface area contributed by atoms with Gasteiger partial charge >= 0.3 is 0 Å². The summed E-state index contributed by atoms with van der Waals surface area (Å²) in [6.07, 6.45) is 17.5. The Morgan fingerprint density at radius 2 is 1.30 bits per heavy atom. The normalized spacial score (nSPS) is 34.9. The van der Waals surface area contributed by atoms with Gasteiger partial charge in [-0.1, -0.05) is 162 Å². The molecule has 1 heterocycles. The molecule has 10 rings (SSSR count). The molecule has 0 radical (unpaired) electrons. The van der Waals surface area contributed by atoms with Gasteiger partial charge in [-0.25, -0.2) is 0 Å². The molecule has 0 saturated heterocycles. The third-order valence-electron chi connectivity index (χ3n) is 18.6. The molecule has 4 aromatic rings. The topological polar surface area (TPSA) is 9.23 Å². The maximum atomic E-state index is 7.23.